The first kappa shape index (κ1) is 27.0. The van der Waals surface area contributed by atoms with Crippen LogP contribution in [0.15, 0.2) is 0 Å². The molecule has 0 heterocycles. The topological polar surface area (TPSA) is 89.5 Å². The van der Waals surface area contributed by atoms with Crippen molar-refractivity contribution in [2.24, 2.45) is 11.8 Å². The quantitative estimate of drug-likeness (QED) is 0.242. The van der Waals surface area contributed by atoms with Crippen LogP contribution < -0.4 is 0 Å². The SMILES string of the molecule is O=C(OCCOCCOCCOCCOCCOC(=O)C1CCCCC1)C1CCCCC1. The van der Waals surface area contributed by atoms with Crippen molar-refractivity contribution in [3.63, 3.8) is 0 Å². The third-order valence-electron chi connectivity index (χ3n) is 5.94. The lowest BCUT2D eigenvalue weighted by molar-refractivity contribution is -0.152. The van der Waals surface area contributed by atoms with Gasteiger partial charge in [0.2, 0.25) is 0 Å². The normalized spacial score (nSPS) is 17.9. The van der Waals surface area contributed by atoms with Gasteiger partial charge in [-0.05, 0) is 25.7 Å². The molecule has 0 saturated heterocycles. The molecule has 0 aromatic carbocycles. The summed E-state index contributed by atoms with van der Waals surface area (Å²) >= 11 is 0. The summed E-state index contributed by atoms with van der Waals surface area (Å²) < 4.78 is 32.2. The van der Waals surface area contributed by atoms with Gasteiger partial charge in [0.1, 0.15) is 13.2 Å². The van der Waals surface area contributed by atoms with Crippen molar-refractivity contribution >= 4 is 11.9 Å². The molecule has 0 N–H and O–H groups in total. The molecule has 0 aliphatic heterocycles. The van der Waals surface area contributed by atoms with Gasteiger partial charge in [0.25, 0.3) is 0 Å². The number of carbonyl (C=O) groups is 2. The lowest BCUT2D eigenvalue weighted by Crippen LogP contribution is -2.22. The highest BCUT2D eigenvalue weighted by molar-refractivity contribution is 5.72. The zero-order valence-corrected chi connectivity index (χ0v) is 19.6. The van der Waals surface area contributed by atoms with Crippen molar-refractivity contribution in [1.29, 1.82) is 0 Å². The largest absolute Gasteiger partial charge is 0.463 e. The van der Waals surface area contributed by atoms with E-state index in [1.54, 1.807) is 0 Å². The molecule has 8 nitrogen and oxygen atoms in total. The van der Waals surface area contributed by atoms with Crippen LogP contribution in [0.5, 0.6) is 0 Å². The van der Waals surface area contributed by atoms with Gasteiger partial charge in [-0.15, -0.1) is 0 Å². The number of rotatable bonds is 17. The molecule has 0 aromatic heterocycles. The average molecular weight is 459 g/mol. The molecule has 0 radical (unpaired) electrons. The summed E-state index contributed by atoms with van der Waals surface area (Å²) in [7, 11) is 0. The fraction of sp³-hybridized carbons (Fsp3) is 0.917. The van der Waals surface area contributed by atoms with Crippen LogP contribution in [0.25, 0.3) is 0 Å². The van der Waals surface area contributed by atoms with E-state index in [2.05, 4.69) is 0 Å². The van der Waals surface area contributed by atoms with Crippen molar-refractivity contribution in [2.75, 3.05) is 66.1 Å². The molecule has 2 aliphatic carbocycles. The molecule has 186 valence electrons. The van der Waals surface area contributed by atoms with Crippen LogP contribution in [0.2, 0.25) is 0 Å². The summed E-state index contributed by atoms with van der Waals surface area (Å²) in [4.78, 5) is 23.7. The second-order valence-corrected chi connectivity index (χ2v) is 8.45. The van der Waals surface area contributed by atoms with Crippen molar-refractivity contribution in [2.45, 2.75) is 64.2 Å². The van der Waals surface area contributed by atoms with E-state index < -0.39 is 0 Å². The number of carbonyl (C=O) groups excluding carboxylic acids is 2. The summed E-state index contributed by atoms with van der Waals surface area (Å²) in [5.74, 6) is 0.0137. The van der Waals surface area contributed by atoms with Crippen LogP contribution in [0.1, 0.15) is 64.2 Å². The van der Waals surface area contributed by atoms with Crippen molar-refractivity contribution < 1.29 is 38.0 Å². The van der Waals surface area contributed by atoms with Crippen LogP contribution in [0.3, 0.4) is 0 Å². The van der Waals surface area contributed by atoms with Gasteiger partial charge in [-0.3, -0.25) is 9.59 Å². The fourth-order valence-electron chi connectivity index (χ4n) is 4.08. The van der Waals surface area contributed by atoms with Crippen molar-refractivity contribution in [3.05, 3.63) is 0 Å². The monoisotopic (exact) mass is 458 g/mol. The van der Waals surface area contributed by atoms with Gasteiger partial charge in [-0.25, -0.2) is 0 Å². The predicted molar refractivity (Wildman–Crippen MR) is 118 cm³/mol. The van der Waals surface area contributed by atoms with Gasteiger partial charge in [0.05, 0.1) is 64.7 Å². The van der Waals surface area contributed by atoms with Gasteiger partial charge in [0.15, 0.2) is 0 Å². The minimum atomic E-state index is -0.0776. The highest BCUT2D eigenvalue weighted by Gasteiger charge is 2.23. The smallest absolute Gasteiger partial charge is 0.309 e. The number of hydrogen-bond donors (Lipinski definition) is 0. The maximum atomic E-state index is 11.9. The Morgan fingerprint density at radius 2 is 0.719 bits per heavy atom. The van der Waals surface area contributed by atoms with E-state index in [-0.39, 0.29) is 23.8 Å². The molecule has 2 aliphatic rings. The highest BCUT2D eigenvalue weighted by Crippen LogP contribution is 2.25. The van der Waals surface area contributed by atoms with Crippen LogP contribution in [-0.2, 0) is 38.0 Å². The Morgan fingerprint density at radius 3 is 1.03 bits per heavy atom. The zero-order chi connectivity index (χ0) is 22.7. The molecule has 0 bridgehead atoms. The van der Waals surface area contributed by atoms with Gasteiger partial charge < -0.3 is 28.4 Å². The summed E-state index contributed by atoms with van der Waals surface area (Å²) in [6.45, 7) is 4.24. The molecule has 0 aromatic rings. The molecule has 0 atom stereocenters. The maximum Gasteiger partial charge on any atom is 0.309 e. The Labute approximate surface area is 192 Å². The first-order valence-corrected chi connectivity index (χ1v) is 12.4. The van der Waals surface area contributed by atoms with Crippen LogP contribution in [-0.4, -0.2) is 78.0 Å². The van der Waals surface area contributed by atoms with Gasteiger partial charge in [0, 0.05) is 0 Å². The summed E-state index contributed by atoms with van der Waals surface area (Å²) in [5.41, 5.74) is 0. The molecule has 32 heavy (non-hydrogen) atoms. The van der Waals surface area contributed by atoms with E-state index in [1.165, 1.54) is 12.8 Å². The van der Waals surface area contributed by atoms with Crippen molar-refractivity contribution in [1.82, 2.24) is 0 Å². The lowest BCUT2D eigenvalue weighted by Gasteiger charge is -2.19. The Morgan fingerprint density at radius 1 is 0.438 bits per heavy atom. The predicted octanol–water partition coefficient (Wildman–Crippen LogP) is 3.30. The highest BCUT2D eigenvalue weighted by atomic mass is 16.6. The second-order valence-electron chi connectivity index (χ2n) is 8.45. The molecule has 2 rings (SSSR count). The lowest BCUT2D eigenvalue weighted by atomic mass is 9.89. The first-order valence-electron chi connectivity index (χ1n) is 12.4. The number of ether oxygens (including phenoxy) is 6. The second kappa shape index (κ2) is 18.2. The fourth-order valence-corrected chi connectivity index (χ4v) is 4.08. The molecule has 0 unspecified atom stereocenters. The van der Waals surface area contributed by atoms with Gasteiger partial charge >= 0.3 is 11.9 Å². The molecular formula is C24H42O8. The minimum Gasteiger partial charge on any atom is -0.463 e. The number of esters is 2. The molecule has 8 heteroatoms. The summed E-state index contributed by atoms with van der Waals surface area (Å²) in [6.07, 6.45) is 10.8. The Bertz CT molecular complexity index is 442. The third-order valence-corrected chi connectivity index (χ3v) is 5.94. The molecule has 2 saturated carbocycles. The average Bonchev–Trinajstić information content (AvgIpc) is 2.84. The van der Waals surface area contributed by atoms with E-state index in [1.807, 2.05) is 0 Å². The minimum absolute atomic E-state index is 0.0776. The van der Waals surface area contributed by atoms with E-state index in [0.29, 0.717) is 66.1 Å². The van der Waals surface area contributed by atoms with E-state index in [9.17, 15) is 9.59 Å². The van der Waals surface area contributed by atoms with Crippen LogP contribution in [0, 0.1) is 11.8 Å². The molecule has 0 spiro atoms. The van der Waals surface area contributed by atoms with E-state index in [4.69, 9.17) is 28.4 Å². The zero-order valence-electron chi connectivity index (χ0n) is 19.6. The Balaban J connectivity index is 1.25. The van der Waals surface area contributed by atoms with E-state index in [0.717, 1.165) is 51.4 Å². The van der Waals surface area contributed by atoms with Gasteiger partial charge in [-0.2, -0.15) is 0 Å². The molecular weight excluding hydrogens is 416 g/mol. The van der Waals surface area contributed by atoms with E-state index >= 15 is 0 Å². The van der Waals surface area contributed by atoms with Gasteiger partial charge in [-0.1, -0.05) is 38.5 Å². The number of hydrogen-bond acceptors (Lipinski definition) is 8. The Hall–Kier alpha value is -1.22. The third kappa shape index (κ3) is 12.7. The maximum absolute atomic E-state index is 11.9. The van der Waals surface area contributed by atoms with Crippen LogP contribution in [0.4, 0.5) is 0 Å². The summed E-state index contributed by atoms with van der Waals surface area (Å²) in [5, 5.41) is 0. The Kier molecular flexibility index (Phi) is 15.4. The molecule has 0 amide bonds. The van der Waals surface area contributed by atoms with Crippen molar-refractivity contribution in [3.8, 4) is 0 Å². The van der Waals surface area contributed by atoms with Crippen LogP contribution >= 0.6 is 0 Å². The molecule has 2 fully saturated rings. The first-order chi connectivity index (χ1) is 15.8. The standard InChI is InChI=1S/C24H42O8/c25-23(21-7-3-1-4-8-21)31-19-17-29-15-13-27-11-12-28-14-16-30-18-20-32-24(26)22-9-5-2-6-10-22/h21-22H,1-20H2. The summed E-state index contributed by atoms with van der Waals surface area (Å²) in [6, 6.07) is 0.